The van der Waals surface area contributed by atoms with Crippen LogP contribution in [0.2, 0.25) is 0 Å². The van der Waals surface area contributed by atoms with Gasteiger partial charge in [0.2, 0.25) is 0 Å². The van der Waals surface area contributed by atoms with Gasteiger partial charge in [0.25, 0.3) is 5.91 Å². The van der Waals surface area contributed by atoms with Crippen LogP contribution in [0.4, 0.5) is 28.9 Å². The van der Waals surface area contributed by atoms with E-state index in [1.165, 1.54) is 22.1 Å². The van der Waals surface area contributed by atoms with Gasteiger partial charge in [-0.1, -0.05) is 48.5 Å². The number of carbonyl (C=O) groups is 1. The molecule has 1 amide bonds. The van der Waals surface area contributed by atoms with Crippen molar-refractivity contribution >= 4 is 29.1 Å². The number of nitrogens with zero attached hydrogens (tertiary/aromatic N) is 6. The first-order chi connectivity index (χ1) is 23.3. The Morgan fingerprint density at radius 1 is 0.854 bits per heavy atom. The number of anilines is 2. The molecule has 1 saturated heterocycles. The molecule has 1 atom stereocenters. The molecule has 1 unspecified atom stereocenters. The molecular formula is C36H25F4N7O. The van der Waals surface area contributed by atoms with Gasteiger partial charge in [-0.15, -0.1) is 0 Å². The zero-order valence-electron chi connectivity index (χ0n) is 25.3. The fourth-order valence-electron chi connectivity index (χ4n) is 6.11. The Morgan fingerprint density at radius 2 is 1.50 bits per heavy atom. The second-order valence-corrected chi connectivity index (χ2v) is 11.3. The van der Waals surface area contributed by atoms with E-state index in [4.69, 9.17) is 10.5 Å². The number of hydrazone groups is 1. The summed E-state index contributed by atoms with van der Waals surface area (Å²) >= 11 is 0. The number of halogens is 4. The largest absolute Gasteiger partial charge is 0.367 e. The summed E-state index contributed by atoms with van der Waals surface area (Å²) in [5, 5.41) is 36.3. The van der Waals surface area contributed by atoms with Crippen LogP contribution in [-0.4, -0.2) is 24.7 Å². The van der Waals surface area contributed by atoms with Gasteiger partial charge in [0.15, 0.2) is 28.8 Å². The number of carbonyl (C=O) groups excluding carboxylic acids is 1. The lowest BCUT2D eigenvalue weighted by atomic mass is 9.96. The monoisotopic (exact) mass is 647 g/mol. The maximum absolute atomic E-state index is 15.9. The standard InChI is InChI=1S/C36H25F4N7O/c37-30-29(31(38)33(40)35(32(30)39)46-15-5-2-6-16-46)28-17-27(22-7-3-1-4-8-22)45-47(28)24-12-9-21(10-13-24)11-14-25-26(20-43)34(44-36(25)48)23(18-41)19-42/h1,3-4,7-14,28H,2,5-6,15-17H2,(H,44,48)/b14-11+. The van der Waals surface area contributed by atoms with Crippen molar-refractivity contribution in [1.82, 2.24) is 5.32 Å². The van der Waals surface area contributed by atoms with E-state index in [9.17, 15) is 10.1 Å². The molecule has 0 aromatic heterocycles. The minimum atomic E-state index is -1.46. The number of amides is 1. The summed E-state index contributed by atoms with van der Waals surface area (Å²) in [5.41, 5.74) is -0.143. The van der Waals surface area contributed by atoms with Gasteiger partial charge in [-0.3, -0.25) is 9.80 Å². The molecular weight excluding hydrogens is 622 g/mol. The summed E-state index contributed by atoms with van der Waals surface area (Å²) in [5.74, 6) is -6.45. The second-order valence-electron chi connectivity index (χ2n) is 11.3. The molecule has 0 spiro atoms. The molecule has 1 fully saturated rings. The van der Waals surface area contributed by atoms with Gasteiger partial charge in [0.1, 0.15) is 23.9 Å². The van der Waals surface area contributed by atoms with E-state index in [2.05, 4.69) is 10.4 Å². The third kappa shape index (κ3) is 5.67. The summed E-state index contributed by atoms with van der Waals surface area (Å²) in [7, 11) is 0. The maximum atomic E-state index is 15.9. The third-order valence-corrected chi connectivity index (χ3v) is 8.49. The van der Waals surface area contributed by atoms with Crippen LogP contribution in [-0.2, 0) is 4.79 Å². The number of hydrogen-bond donors (Lipinski definition) is 1. The van der Waals surface area contributed by atoms with E-state index in [1.807, 2.05) is 6.07 Å². The molecule has 3 aliphatic heterocycles. The number of nitrogens with one attached hydrogen (secondary N) is 1. The van der Waals surface area contributed by atoms with Gasteiger partial charge in [-0.05, 0) is 48.6 Å². The predicted octanol–water partition coefficient (Wildman–Crippen LogP) is 6.85. The summed E-state index contributed by atoms with van der Waals surface area (Å²) < 4.78 is 62.9. The Kier molecular flexibility index (Phi) is 8.79. The summed E-state index contributed by atoms with van der Waals surface area (Å²) in [6, 6.07) is 19.3. The Bertz CT molecular complexity index is 2020. The quantitative estimate of drug-likeness (QED) is 0.178. The van der Waals surface area contributed by atoms with Crippen LogP contribution < -0.4 is 15.2 Å². The molecule has 1 N–H and O–H groups in total. The van der Waals surface area contributed by atoms with Crippen LogP contribution in [0, 0.1) is 57.3 Å². The first kappa shape index (κ1) is 31.8. The van der Waals surface area contributed by atoms with Crippen molar-refractivity contribution in [3.63, 3.8) is 0 Å². The molecule has 3 aromatic rings. The van der Waals surface area contributed by atoms with E-state index in [0.717, 1.165) is 6.42 Å². The summed E-state index contributed by atoms with van der Waals surface area (Å²) in [6.07, 6.45) is 5.04. The number of rotatable bonds is 6. The Morgan fingerprint density at radius 3 is 2.10 bits per heavy atom. The van der Waals surface area contributed by atoms with Crippen LogP contribution in [0.5, 0.6) is 0 Å². The topological polar surface area (TPSA) is 119 Å². The molecule has 3 aromatic carbocycles. The van der Waals surface area contributed by atoms with E-state index in [-0.39, 0.29) is 23.3 Å². The molecule has 0 radical (unpaired) electrons. The highest BCUT2D eigenvalue weighted by atomic mass is 19.2. The van der Waals surface area contributed by atoms with Crippen LogP contribution in [0.3, 0.4) is 0 Å². The second kappa shape index (κ2) is 13.3. The summed E-state index contributed by atoms with van der Waals surface area (Å²) in [4.78, 5) is 13.9. The van der Waals surface area contributed by atoms with Crippen molar-refractivity contribution in [3.05, 3.63) is 123 Å². The Balaban J connectivity index is 1.37. The molecule has 3 aliphatic rings. The zero-order valence-corrected chi connectivity index (χ0v) is 25.3. The normalized spacial score (nSPS) is 17.7. The van der Waals surface area contributed by atoms with Gasteiger partial charge >= 0.3 is 0 Å². The molecule has 0 aliphatic carbocycles. The van der Waals surface area contributed by atoms with Gasteiger partial charge in [-0.25, -0.2) is 17.6 Å². The maximum Gasteiger partial charge on any atom is 0.257 e. The highest BCUT2D eigenvalue weighted by molar-refractivity contribution is 6.05. The van der Waals surface area contributed by atoms with E-state index in [0.29, 0.717) is 48.5 Å². The molecule has 12 heteroatoms. The lowest BCUT2D eigenvalue weighted by molar-refractivity contribution is -0.115. The lowest BCUT2D eigenvalue weighted by Crippen LogP contribution is -2.32. The first-order valence-corrected chi connectivity index (χ1v) is 15.1. The number of allylic oxidation sites excluding steroid dienone is 2. The van der Waals surface area contributed by atoms with Crippen molar-refractivity contribution < 1.29 is 22.4 Å². The molecule has 6 rings (SSSR count). The van der Waals surface area contributed by atoms with Crippen LogP contribution in [0.15, 0.2) is 88.2 Å². The van der Waals surface area contributed by atoms with Crippen molar-refractivity contribution in [2.24, 2.45) is 5.10 Å². The molecule has 0 bridgehead atoms. The highest BCUT2D eigenvalue weighted by Crippen LogP contribution is 2.42. The van der Waals surface area contributed by atoms with Gasteiger partial charge in [0, 0.05) is 19.5 Å². The highest BCUT2D eigenvalue weighted by Gasteiger charge is 2.39. The minimum absolute atomic E-state index is 0.0368. The van der Waals surface area contributed by atoms with Crippen molar-refractivity contribution in [2.75, 3.05) is 23.0 Å². The molecule has 238 valence electrons. The number of benzene rings is 3. The van der Waals surface area contributed by atoms with E-state index >= 15 is 17.6 Å². The van der Waals surface area contributed by atoms with Gasteiger partial charge in [0.05, 0.1) is 39.8 Å². The smallest absolute Gasteiger partial charge is 0.257 e. The average Bonchev–Trinajstić information content (AvgIpc) is 3.69. The van der Waals surface area contributed by atoms with E-state index < -0.39 is 52.0 Å². The minimum Gasteiger partial charge on any atom is -0.367 e. The Hall–Kier alpha value is -6.19. The zero-order chi connectivity index (χ0) is 33.9. The number of piperidine rings is 1. The fraction of sp³-hybridized carbons (Fsp3) is 0.194. The molecule has 3 heterocycles. The fourth-order valence-corrected chi connectivity index (χ4v) is 6.11. The van der Waals surface area contributed by atoms with Gasteiger partial charge in [-0.2, -0.15) is 20.9 Å². The third-order valence-electron chi connectivity index (χ3n) is 8.49. The lowest BCUT2D eigenvalue weighted by Gasteiger charge is -2.31. The van der Waals surface area contributed by atoms with Crippen molar-refractivity contribution in [2.45, 2.75) is 31.7 Å². The predicted molar refractivity (Wildman–Crippen MR) is 170 cm³/mol. The number of hydrogen-bond acceptors (Lipinski definition) is 7. The number of nitriles is 3. The van der Waals surface area contributed by atoms with Crippen molar-refractivity contribution in [1.29, 1.82) is 15.8 Å². The first-order valence-electron chi connectivity index (χ1n) is 15.1. The average molecular weight is 648 g/mol. The van der Waals surface area contributed by atoms with E-state index in [1.54, 1.807) is 66.7 Å². The van der Waals surface area contributed by atoms with Crippen LogP contribution in [0.25, 0.3) is 6.08 Å². The molecule has 0 saturated carbocycles. The van der Waals surface area contributed by atoms with Crippen LogP contribution >= 0.6 is 0 Å². The van der Waals surface area contributed by atoms with Crippen LogP contribution in [0.1, 0.15) is 48.4 Å². The summed E-state index contributed by atoms with van der Waals surface area (Å²) in [6.45, 7) is 0.587. The van der Waals surface area contributed by atoms with Crippen molar-refractivity contribution in [3.8, 4) is 18.2 Å². The van der Waals surface area contributed by atoms with Gasteiger partial charge < -0.3 is 10.2 Å². The molecule has 48 heavy (non-hydrogen) atoms. The SMILES string of the molecule is N#CC(C#N)=C1NC(=O)C(/C=C/c2ccc(N3N=C(c4ccccc4)CC3c3c(F)c(F)c(N4CCCCC4)c(F)c3F)cc2)=C1C#N. The Labute approximate surface area is 273 Å². The molecule has 8 nitrogen and oxygen atoms in total.